The largest absolute Gasteiger partial charge is 0.399 e. The summed E-state index contributed by atoms with van der Waals surface area (Å²) in [5.74, 6) is 0.479. The number of rotatable bonds is 1. The van der Waals surface area contributed by atoms with Gasteiger partial charge in [-0.15, -0.1) is 0 Å². The number of fused-ring (bicyclic) bond motifs is 1. The number of aromatic nitrogens is 2. The number of benzene rings is 1. The van der Waals surface area contributed by atoms with Crippen molar-refractivity contribution < 1.29 is 0 Å². The summed E-state index contributed by atoms with van der Waals surface area (Å²) in [5, 5.41) is 0. The second kappa shape index (κ2) is 3.91. The smallest absolute Gasteiger partial charge is 0.0951 e. The molecule has 2 N–H and O–H groups in total. The van der Waals surface area contributed by atoms with E-state index in [0.717, 1.165) is 17.9 Å². The van der Waals surface area contributed by atoms with Crippen molar-refractivity contribution >= 4 is 5.69 Å². The first-order valence-corrected chi connectivity index (χ1v) is 6.13. The monoisotopic (exact) mass is 227 g/mol. The van der Waals surface area contributed by atoms with Gasteiger partial charge < -0.3 is 10.3 Å². The lowest BCUT2D eigenvalue weighted by atomic mass is 9.88. The Bertz CT molecular complexity index is 525. The minimum atomic E-state index is 0.479. The standard InChI is InChI=1S/C14H17N3/c1-10-14-13(3-2-8-17(14)9-16-10)11-4-6-12(15)7-5-11/h4-7,9,13H,2-3,8,15H2,1H3/t13-/m1/s1. The Balaban J connectivity index is 2.05. The van der Waals surface area contributed by atoms with Crippen molar-refractivity contribution in [1.29, 1.82) is 0 Å². The normalized spacial score (nSPS) is 19.0. The van der Waals surface area contributed by atoms with Crippen LogP contribution in [0.15, 0.2) is 30.6 Å². The molecule has 0 unspecified atom stereocenters. The van der Waals surface area contributed by atoms with Crippen LogP contribution in [0.2, 0.25) is 0 Å². The summed E-state index contributed by atoms with van der Waals surface area (Å²) in [5.41, 5.74) is 10.5. The van der Waals surface area contributed by atoms with E-state index in [9.17, 15) is 0 Å². The number of hydrogen-bond donors (Lipinski definition) is 1. The molecule has 0 bridgehead atoms. The third kappa shape index (κ3) is 1.71. The van der Waals surface area contributed by atoms with E-state index < -0.39 is 0 Å². The number of hydrogen-bond acceptors (Lipinski definition) is 2. The zero-order chi connectivity index (χ0) is 11.8. The van der Waals surface area contributed by atoms with E-state index in [-0.39, 0.29) is 0 Å². The van der Waals surface area contributed by atoms with Gasteiger partial charge in [-0.05, 0) is 37.5 Å². The van der Waals surface area contributed by atoms with Gasteiger partial charge in [-0.3, -0.25) is 0 Å². The Labute approximate surface area is 101 Å². The maximum absolute atomic E-state index is 5.74. The van der Waals surface area contributed by atoms with Gasteiger partial charge in [-0.2, -0.15) is 0 Å². The number of aryl methyl sites for hydroxylation is 2. The van der Waals surface area contributed by atoms with Gasteiger partial charge >= 0.3 is 0 Å². The highest BCUT2D eigenvalue weighted by Gasteiger charge is 2.24. The van der Waals surface area contributed by atoms with Gasteiger partial charge in [0.15, 0.2) is 0 Å². The van der Waals surface area contributed by atoms with E-state index in [2.05, 4.69) is 28.6 Å². The summed E-state index contributed by atoms with van der Waals surface area (Å²) < 4.78 is 2.29. The zero-order valence-corrected chi connectivity index (χ0v) is 10.1. The van der Waals surface area contributed by atoms with Crippen molar-refractivity contribution in [1.82, 2.24) is 9.55 Å². The molecule has 0 saturated carbocycles. The highest BCUT2D eigenvalue weighted by Crippen LogP contribution is 2.35. The van der Waals surface area contributed by atoms with Crippen molar-refractivity contribution in [2.75, 3.05) is 5.73 Å². The first-order valence-electron chi connectivity index (χ1n) is 6.13. The Kier molecular flexibility index (Phi) is 2.39. The Morgan fingerprint density at radius 3 is 2.82 bits per heavy atom. The van der Waals surface area contributed by atoms with Crippen LogP contribution < -0.4 is 5.73 Å². The number of nitrogens with zero attached hydrogens (tertiary/aromatic N) is 2. The Hall–Kier alpha value is -1.77. The fourth-order valence-electron chi connectivity index (χ4n) is 2.78. The second-order valence-electron chi connectivity index (χ2n) is 4.77. The van der Waals surface area contributed by atoms with E-state index in [0.29, 0.717) is 5.92 Å². The maximum Gasteiger partial charge on any atom is 0.0951 e. The summed E-state index contributed by atoms with van der Waals surface area (Å²) in [4.78, 5) is 4.43. The molecule has 0 fully saturated rings. The molecule has 3 rings (SSSR count). The van der Waals surface area contributed by atoms with Crippen molar-refractivity contribution in [2.24, 2.45) is 0 Å². The molecule has 1 aromatic carbocycles. The van der Waals surface area contributed by atoms with Gasteiger partial charge in [-0.1, -0.05) is 12.1 Å². The molecule has 88 valence electrons. The topological polar surface area (TPSA) is 43.8 Å². The van der Waals surface area contributed by atoms with Gasteiger partial charge in [0.25, 0.3) is 0 Å². The molecule has 1 aromatic heterocycles. The summed E-state index contributed by atoms with van der Waals surface area (Å²) in [7, 11) is 0. The first-order chi connectivity index (χ1) is 8.25. The van der Waals surface area contributed by atoms with Crippen LogP contribution in [0.25, 0.3) is 0 Å². The lowest BCUT2D eigenvalue weighted by Gasteiger charge is -2.25. The zero-order valence-electron chi connectivity index (χ0n) is 10.1. The first kappa shape index (κ1) is 10.4. The van der Waals surface area contributed by atoms with Crippen LogP contribution in [0.3, 0.4) is 0 Å². The van der Waals surface area contributed by atoms with Gasteiger partial charge in [0, 0.05) is 23.8 Å². The fraction of sp³-hybridized carbons (Fsp3) is 0.357. The Morgan fingerprint density at radius 2 is 2.06 bits per heavy atom. The molecule has 0 spiro atoms. The van der Waals surface area contributed by atoms with Crippen LogP contribution in [0.1, 0.15) is 35.7 Å². The van der Waals surface area contributed by atoms with Crippen LogP contribution in [0.4, 0.5) is 5.69 Å². The SMILES string of the molecule is Cc1ncn2c1[C@@H](c1ccc(N)cc1)CCC2. The minimum absolute atomic E-state index is 0.479. The van der Waals surface area contributed by atoms with Crippen molar-refractivity contribution in [2.45, 2.75) is 32.2 Å². The van der Waals surface area contributed by atoms with E-state index in [1.807, 2.05) is 18.5 Å². The van der Waals surface area contributed by atoms with Crippen molar-refractivity contribution in [3.05, 3.63) is 47.5 Å². The summed E-state index contributed by atoms with van der Waals surface area (Å²) in [6.07, 6.45) is 4.39. The Morgan fingerprint density at radius 1 is 1.29 bits per heavy atom. The summed E-state index contributed by atoms with van der Waals surface area (Å²) in [6.45, 7) is 3.20. The molecule has 1 aliphatic rings. The average Bonchev–Trinajstić information content (AvgIpc) is 2.73. The molecule has 1 aliphatic heterocycles. The third-order valence-corrected chi connectivity index (χ3v) is 3.63. The fourth-order valence-corrected chi connectivity index (χ4v) is 2.78. The highest BCUT2D eigenvalue weighted by atomic mass is 15.1. The number of nitrogens with two attached hydrogens (primary N) is 1. The second-order valence-corrected chi connectivity index (χ2v) is 4.77. The lowest BCUT2D eigenvalue weighted by Crippen LogP contribution is -2.16. The molecular formula is C14H17N3. The van der Waals surface area contributed by atoms with Gasteiger partial charge in [0.05, 0.1) is 12.0 Å². The maximum atomic E-state index is 5.74. The average molecular weight is 227 g/mol. The van der Waals surface area contributed by atoms with Crippen LogP contribution in [-0.4, -0.2) is 9.55 Å². The summed E-state index contributed by atoms with van der Waals surface area (Å²) >= 11 is 0. The highest BCUT2D eigenvalue weighted by molar-refractivity contribution is 5.42. The van der Waals surface area contributed by atoms with Gasteiger partial charge in [0.1, 0.15) is 0 Å². The third-order valence-electron chi connectivity index (χ3n) is 3.63. The van der Waals surface area contributed by atoms with Crippen LogP contribution in [-0.2, 0) is 6.54 Å². The quantitative estimate of drug-likeness (QED) is 0.761. The number of anilines is 1. The molecule has 2 heterocycles. The molecule has 0 radical (unpaired) electrons. The van der Waals surface area contributed by atoms with Gasteiger partial charge in [0.2, 0.25) is 0 Å². The predicted molar refractivity (Wildman–Crippen MR) is 68.9 cm³/mol. The van der Waals surface area contributed by atoms with Crippen LogP contribution in [0.5, 0.6) is 0 Å². The lowest BCUT2D eigenvalue weighted by molar-refractivity contribution is 0.489. The molecule has 0 amide bonds. The molecule has 3 heteroatoms. The molecule has 2 aromatic rings. The van der Waals surface area contributed by atoms with Crippen molar-refractivity contribution in [3.8, 4) is 0 Å². The predicted octanol–water partition coefficient (Wildman–Crippen LogP) is 2.70. The minimum Gasteiger partial charge on any atom is -0.399 e. The molecular weight excluding hydrogens is 210 g/mol. The van der Waals surface area contributed by atoms with E-state index in [4.69, 9.17) is 5.73 Å². The molecule has 17 heavy (non-hydrogen) atoms. The van der Waals surface area contributed by atoms with Crippen LogP contribution >= 0.6 is 0 Å². The van der Waals surface area contributed by atoms with Crippen molar-refractivity contribution in [3.63, 3.8) is 0 Å². The molecule has 0 saturated heterocycles. The van der Waals surface area contributed by atoms with E-state index >= 15 is 0 Å². The van der Waals surface area contributed by atoms with E-state index in [1.54, 1.807) is 0 Å². The van der Waals surface area contributed by atoms with E-state index in [1.165, 1.54) is 24.1 Å². The molecule has 3 nitrogen and oxygen atoms in total. The number of nitrogen functional groups attached to an aromatic ring is 1. The van der Waals surface area contributed by atoms with Crippen LogP contribution in [0, 0.1) is 6.92 Å². The van der Waals surface area contributed by atoms with Gasteiger partial charge in [-0.25, -0.2) is 4.98 Å². The number of imidazole rings is 1. The molecule has 1 atom stereocenters. The summed E-state index contributed by atoms with van der Waals surface area (Å²) in [6, 6.07) is 8.25. The molecule has 0 aliphatic carbocycles.